The lowest BCUT2D eigenvalue weighted by atomic mass is 10.0. The summed E-state index contributed by atoms with van der Waals surface area (Å²) >= 11 is 0. The predicted octanol–water partition coefficient (Wildman–Crippen LogP) is 0.603. The number of urea groups is 1. The van der Waals surface area contributed by atoms with E-state index in [1.807, 2.05) is 13.8 Å². The third-order valence-corrected chi connectivity index (χ3v) is 2.64. The number of nitrogens with one attached hydrogen (secondary N) is 1. The first-order chi connectivity index (χ1) is 8.40. The summed E-state index contributed by atoms with van der Waals surface area (Å²) < 4.78 is 0. The van der Waals surface area contributed by atoms with Crippen molar-refractivity contribution in [3.8, 4) is 0 Å². The van der Waals surface area contributed by atoms with Crippen LogP contribution >= 0.6 is 0 Å². The van der Waals surface area contributed by atoms with Gasteiger partial charge in [0.15, 0.2) is 0 Å². The van der Waals surface area contributed by atoms with Crippen molar-refractivity contribution in [3.63, 3.8) is 0 Å². The molecule has 0 aromatic carbocycles. The van der Waals surface area contributed by atoms with Crippen molar-refractivity contribution in [1.82, 2.24) is 10.2 Å². The van der Waals surface area contributed by atoms with Crippen LogP contribution in [-0.2, 0) is 9.59 Å². The lowest BCUT2D eigenvalue weighted by Gasteiger charge is -2.21. The second-order valence-electron chi connectivity index (χ2n) is 4.01. The molecule has 0 bridgehead atoms. The zero-order valence-corrected chi connectivity index (χ0v) is 10.7. The van der Waals surface area contributed by atoms with Crippen molar-refractivity contribution in [2.45, 2.75) is 26.7 Å². The van der Waals surface area contributed by atoms with Crippen molar-refractivity contribution >= 4 is 18.0 Å². The molecule has 0 heterocycles. The minimum absolute atomic E-state index is 0.311. The summed E-state index contributed by atoms with van der Waals surface area (Å²) in [5, 5.41) is 19.8. The first-order valence-electron chi connectivity index (χ1n) is 5.87. The number of carboxylic acids is 2. The maximum atomic E-state index is 11.6. The van der Waals surface area contributed by atoms with E-state index >= 15 is 0 Å². The van der Waals surface area contributed by atoms with E-state index in [4.69, 9.17) is 10.2 Å². The molecule has 0 rings (SSSR count). The van der Waals surface area contributed by atoms with Gasteiger partial charge >= 0.3 is 18.0 Å². The molecule has 0 aromatic rings. The summed E-state index contributed by atoms with van der Waals surface area (Å²) in [7, 11) is 0. The molecular formula is C11H20N2O5. The quantitative estimate of drug-likeness (QED) is 0.592. The summed E-state index contributed by atoms with van der Waals surface area (Å²) in [6, 6.07) is -0.660. The van der Waals surface area contributed by atoms with Crippen molar-refractivity contribution in [1.29, 1.82) is 0 Å². The van der Waals surface area contributed by atoms with Gasteiger partial charge in [-0.2, -0.15) is 0 Å². The fourth-order valence-electron chi connectivity index (χ4n) is 1.45. The molecule has 0 unspecified atom stereocenters. The summed E-state index contributed by atoms with van der Waals surface area (Å²) in [5.74, 6) is -2.17. The van der Waals surface area contributed by atoms with Crippen LogP contribution in [-0.4, -0.2) is 52.7 Å². The maximum Gasteiger partial charge on any atom is 0.323 e. The Hall–Kier alpha value is -1.79. The highest BCUT2D eigenvalue weighted by Gasteiger charge is 2.19. The lowest BCUT2D eigenvalue weighted by molar-refractivity contribution is -0.140. The fraction of sp³-hybridized carbons (Fsp3) is 0.727. The number of carbonyl (C=O) groups excluding carboxylic acids is 1. The second kappa shape index (κ2) is 8.32. The van der Waals surface area contributed by atoms with Gasteiger partial charge in [-0.15, -0.1) is 0 Å². The van der Waals surface area contributed by atoms with Gasteiger partial charge in [0.1, 0.15) is 13.1 Å². The Morgan fingerprint density at radius 2 is 1.50 bits per heavy atom. The SMILES string of the molecule is CCC(CC)CNC(=O)N(CC(=O)O)CC(=O)O. The van der Waals surface area contributed by atoms with Crippen LogP contribution in [0.2, 0.25) is 0 Å². The minimum Gasteiger partial charge on any atom is -0.480 e. The number of amides is 2. The van der Waals surface area contributed by atoms with E-state index < -0.39 is 31.1 Å². The van der Waals surface area contributed by atoms with Crippen LogP contribution in [0.1, 0.15) is 26.7 Å². The van der Waals surface area contributed by atoms with Crippen molar-refractivity contribution in [3.05, 3.63) is 0 Å². The highest BCUT2D eigenvalue weighted by Crippen LogP contribution is 2.05. The van der Waals surface area contributed by atoms with Gasteiger partial charge in [0, 0.05) is 6.54 Å². The van der Waals surface area contributed by atoms with Gasteiger partial charge in [-0.05, 0) is 5.92 Å². The van der Waals surface area contributed by atoms with Crippen LogP contribution < -0.4 is 5.32 Å². The Labute approximate surface area is 106 Å². The number of carbonyl (C=O) groups is 3. The molecule has 7 heteroatoms. The molecule has 0 atom stereocenters. The Morgan fingerprint density at radius 3 is 1.83 bits per heavy atom. The van der Waals surface area contributed by atoms with Crippen LogP contribution in [0.3, 0.4) is 0 Å². The number of carboxylic acid groups (broad SMARTS) is 2. The molecule has 0 spiro atoms. The first kappa shape index (κ1) is 16.2. The van der Waals surface area contributed by atoms with Crippen molar-refractivity contribution in [2.75, 3.05) is 19.6 Å². The van der Waals surface area contributed by atoms with E-state index in [-0.39, 0.29) is 0 Å². The monoisotopic (exact) mass is 260 g/mol. The minimum atomic E-state index is -1.24. The standard InChI is InChI=1S/C11H20N2O5/c1-3-8(4-2)5-12-11(18)13(6-9(14)15)7-10(16)17/h8H,3-7H2,1-2H3,(H,12,18)(H,14,15)(H,16,17). The first-order valence-corrected chi connectivity index (χ1v) is 5.87. The number of nitrogens with zero attached hydrogens (tertiary/aromatic N) is 1. The van der Waals surface area contributed by atoms with Gasteiger partial charge in [-0.1, -0.05) is 26.7 Å². The zero-order chi connectivity index (χ0) is 14.1. The van der Waals surface area contributed by atoms with E-state index in [1.165, 1.54) is 0 Å². The third-order valence-electron chi connectivity index (χ3n) is 2.64. The normalized spacial score (nSPS) is 10.2. The van der Waals surface area contributed by atoms with Gasteiger partial charge in [-0.3, -0.25) is 9.59 Å². The number of hydrogen-bond donors (Lipinski definition) is 3. The molecule has 0 aromatic heterocycles. The number of hydrogen-bond acceptors (Lipinski definition) is 3. The Balaban J connectivity index is 4.36. The van der Waals surface area contributed by atoms with Crippen molar-refractivity contribution < 1.29 is 24.6 Å². The maximum absolute atomic E-state index is 11.6. The molecule has 0 radical (unpaired) electrons. The Morgan fingerprint density at radius 1 is 1.06 bits per heavy atom. The topological polar surface area (TPSA) is 107 Å². The van der Waals surface area contributed by atoms with Crippen LogP contribution in [0.25, 0.3) is 0 Å². The zero-order valence-electron chi connectivity index (χ0n) is 10.7. The van der Waals surface area contributed by atoms with Gasteiger partial charge in [-0.25, -0.2) is 4.79 Å². The summed E-state index contributed by atoms with van der Waals surface area (Å²) in [6.07, 6.45) is 1.79. The molecule has 0 saturated heterocycles. The van der Waals surface area contributed by atoms with E-state index in [0.717, 1.165) is 17.7 Å². The van der Waals surface area contributed by atoms with Gasteiger partial charge in [0.2, 0.25) is 0 Å². The van der Waals surface area contributed by atoms with Crippen LogP contribution in [0.5, 0.6) is 0 Å². The van der Waals surface area contributed by atoms with E-state index in [0.29, 0.717) is 12.5 Å². The van der Waals surface area contributed by atoms with E-state index in [2.05, 4.69) is 5.32 Å². The highest BCUT2D eigenvalue weighted by molar-refractivity contribution is 5.84. The molecule has 0 aliphatic carbocycles. The second-order valence-corrected chi connectivity index (χ2v) is 4.01. The average Bonchev–Trinajstić information content (AvgIpc) is 2.28. The third kappa shape index (κ3) is 6.72. The number of rotatable bonds is 8. The summed E-state index contributed by atoms with van der Waals surface area (Å²) in [6.45, 7) is 3.16. The average molecular weight is 260 g/mol. The Kier molecular flexibility index (Phi) is 7.50. The van der Waals surface area contributed by atoms with E-state index in [1.54, 1.807) is 0 Å². The molecule has 0 aliphatic heterocycles. The lowest BCUT2D eigenvalue weighted by Crippen LogP contribution is -2.46. The summed E-state index contributed by atoms with van der Waals surface area (Å²) in [4.78, 5) is 33.5. The van der Waals surface area contributed by atoms with Crippen molar-refractivity contribution in [2.24, 2.45) is 5.92 Å². The molecule has 0 fully saturated rings. The molecule has 3 N–H and O–H groups in total. The van der Waals surface area contributed by atoms with Crippen LogP contribution in [0.15, 0.2) is 0 Å². The van der Waals surface area contributed by atoms with Crippen LogP contribution in [0, 0.1) is 5.92 Å². The molecule has 7 nitrogen and oxygen atoms in total. The largest absolute Gasteiger partial charge is 0.480 e. The highest BCUT2D eigenvalue weighted by atomic mass is 16.4. The predicted molar refractivity (Wildman–Crippen MR) is 64.3 cm³/mol. The fourth-order valence-corrected chi connectivity index (χ4v) is 1.45. The molecule has 0 saturated carbocycles. The van der Waals surface area contributed by atoms with Gasteiger partial charge < -0.3 is 20.4 Å². The summed E-state index contributed by atoms with van der Waals surface area (Å²) in [5.41, 5.74) is 0. The molecule has 2 amide bonds. The van der Waals surface area contributed by atoms with Gasteiger partial charge in [0.05, 0.1) is 0 Å². The smallest absolute Gasteiger partial charge is 0.323 e. The van der Waals surface area contributed by atoms with Crippen LogP contribution in [0.4, 0.5) is 4.79 Å². The molecule has 0 aliphatic rings. The van der Waals surface area contributed by atoms with E-state index in [9.17, 15) is 14.4 Å². The Bertz CT molecular complexity index is 286. The number of aliphatic carboxylic acids is 2. The molecule has 104 valence electrons. The molecular weight excluding hydrogens is 240 g/mol. The molecule has 18 heavy (non-hydrogen) atoms. The van der Waals surface area contributed by atoms with Gasteiger partial charge in [0.25, 0.3) is 0 Å².